The van der Waals surface area contributed by atoms with Gasteiger partial charge in [-0.1, -0.05) is 0 Å². The van der Waals surface area contributed by atoms with Crippen molar-refractivity contribution in [2.24, 2.45) is 23.7 Å². The van der Waals surface area contributed by atoms with Crippen molar-refractivity contribution in [3.05, 3.63) is 38.4 Å². The Labute approximate surface area is 231 Å². The first kappa shape index (κ1) is 27.1. The molecule has 0 spiro atoms. The fraction of sp³-hybridized carbons (Fsp3) is 0.565. The molecule has 0 bridgehead atoms. The van der Waals surface area contributed by atoms with Crippen molar-refractivity contribution in [1.82, 2.24) is 0 Å². The van der Waals surface area contributed by atoms with Crippen LogP contribution < -0.4 is 0 Å². The minimum absolute atomic E-state index is 0.114. The number of carbonyl (C=O) groups is 2. The van der Waals surface area contributed by atoms with Gasteiger partial charge in [0.05, 0.1) is 13.5 Å². The molecule has 4 atom stereocenters. The van der Waals surface area contributed by atoms with Crippen LogP contribution in [0.4, 0.5) is 0 Å². The van der Waals surface area contributed by atoms with Crippen LogP contribution >= 0.6 is 86.4 Å². The van der Waals surface area contributed by atoms with E-state index in [0.29, 0.717) is 23.5 Å². The van der Waals surface area contributed by atoms with Crippen molar-refractivity contribution in [3.63, 3.8) is 0 Å². The Morgan fingerprint density at radius 3 is 1.59 bits per heavy atom. The summed E-state index contributed by atoms with van der Waals surface area (Å²) in [5.74, 6) is 1.20. The third kappa shape index (κ3) is 7.74. The number of hydrogen-bond acceptors (Lipinski definition) is 4. The summed E-state index contributed by atoms with van der Waals surface area (Å²) in [6, 6.07) is 4.32. The van der Waals surface area contributed by atoms with Gasteiger partial charge < -0.3 is 5.11 Å². The van der Waals surface area contributed by atoms with Crippen molar-refractivity contribution >= 4 is 98.1 Å². The van der Waals surface area contributed by atoms with Gasteiger partial charge in [0.1, 0.15) is 5.78 Å². The van der Waals surface area contributed by atoms with E-state index in [9.17, 15) is 9.59 Å². The zero-order valence-corrected chi connectivity index (χ0v) is 25.7. The number of rotatable bonds is 6. The Morgan fingerprint density at radius 2 is 1.28 bits per heavy atom. The fourth-order valence-corrected chi connectivity index (χ4v) is 9.25. The second kappa shape index (κ2) is 12.4. The Morgan fingerprint density at radius 1 is 0.844 bits per heavy atom. The summed E-state index contributed by atoms with van der Waals surface area (Å²) in [5, 5.41) is 8.93. The SMILES string of the molecule is CC(=O)[C@@H]1CC[C@@H](Cc2cc(Br)c(Br)s2)C1.O=C(O)[C@@H]1CC[C@@H](Cc2cc(Br)c(Br)s2)C1. The predicted molar refractivity (Wildman–Crippen MR) is 147 cm³/mol. The van der Waals surface area contributed by atoms with Crippen molar-refractivity contribution in [3.8, 4) is 0 Å². The van der Waals surface area contributed by atoms with Crippen LogP contribution in [0, 0.1) is 23.7 Å². The lowest BCUT2D eigenvalue weighted by molar-refractivity contribution is -0.141. The molecule has 0 unspecified atom stereocenters. The normalized spacial score (nSPS) is 24.9. The van der Waals surface area contributed by atoms with E-state index < -0.39 is 5.97 Å². The first-order valence-corrected chi connectivity index (χ1v) is 15.5. The van der Waals surface area contributed by atoms with Gasteiger partial charge in [-0.25, -0.2) is 0 Å². The number of aliphatic carboxylic acids is 1. The van der Waals surface area contributed by atoms with Gasteiger partial charge in [0.2, 0.25) is 0 Å². The van der Waals surface area contributed by atoms with E-state index in [2.05, 4.69) is 75.9 Å². The van der Waals surface area contributed by atoms with E-state index in [0.717, 1.165) is 57.7 Å². The lowest BCUT2D eigenvalue weighted by atomic mass is 9.99. The molecule has 0 aliphatic heterocycles. The van der Waals surface area contributed by atoms with Gasteiger partial charge in [0.25, 0.3) is 0 Å². The molecule has 2 aromatic heterocycles. The molecule has 32 heavy (non-hydrogen) atoms. The monoisotopic (exact) mass is 730 g/mol. The van der Waals surface area contributed by atoms with Gasteiger partial charge in [-0.3, -0.25) is 9.59 Å². The zero-order valence-electron chi connectivity index (χ0n) is 17.7. The highest BCUT2D eigenvalue weighted by atomic mass is 79.9. The largest absolute Gasteiger partial charge is 0.481 e. The Bertz CT molecular complexity index is 840. The standard InChI is InChI=1S/C12H14Br2OS.C11H12Br2O2S/c1-7(15)9-3-2-8(4-9)5-10-6-11(13)12(14)16-10;12-9-5-8(16-10(9)13)4-6-1-2-7(3-6)11(14)15/h6,8-9H,2-5H2,1H3;5-7H,1-4H2,(H,14,15)/t8-,9-;6-,7-/m11/s1. The second-order valence-corrected chi connectivity index (χ2v) is 15.4. The summed E-state index contributed by atoms with van der Waals surface area (Å²) in [7, 11) is 0. The highest BCUT2D eigenvalue weighted by Gasteiger charge is 2.30. The molecule has 176 valence electrons. The van der Waals surface area contributed by atoms with E-state index in [1.165, 1.54) is 20.0 Å². The molecule has 2 aliphatic carbocycles. The topological polar surface area (TPSA) is 54.4 Å². The highest BCUT2D eigenvalue weighted by molar-refractivity contribution is 9.13. The minimum atomic E-state index is -0.629. The summed E-state index contributed by atoms with van der Waals surface area (Å²) >= 11 is 17.5. The lowest BCUT2D eigenvalue weighted by Gasteiger charge is -2.07. The smallest absolute Gasteiger partial charge is 0.306 e. The maximum atomic E-state index is 11.3. The predicted octanol–water partition coefficient (Wildman–Crippen LogP) is 9.14. The molecule has 2 aliphatic rings. The molecule has 0 radical (unpaired) electrons. The number of ketones is 1. The third-order valence-electron chi connectivity index (χ3n) is 6.38. The van der Waals surface area contributed by atoms with Crippen LogP contribution in [0.15, 0.2) is 28.7 Å². The Kier molecular flexibility index (Phi) is 10.5. The molecule has 0 saturated heterocycles. The number of Topliss-reactive ketones (excluding diaryl/α,β-unsaturated/α-hetero) is 1. The lowest BCUT2D eigenvalue weighted by Crippen LogP contribution is -2.09. The van der Waals surface area contributed by atoms with Crippen LogP contribution in [-0.2, 0) is 22.4 Å². The van der Waals surface area contributed by atoms with E-state index in [-0.39, 0.29) is 5.92 Å². The van der Waals surface area contributed by atoms with E-state index in [4.69, 9.17) is 5.11 Å². The number of thiophene rings is 2. The van der Waals surface area contributed by atoms with Crippen LogP contribution in [0.3, 0.4) is 0 Å². The molecular weight excluding hydrogens is 708 g/mol. The average Bonchev–Trinajstić information content (AvgIpc) is 3.48. The van der Waals surface area contributed by atoms with E-state index in [1.807, 2.05) is 0 Å². The summed E-state index contributed by atoms with van der Waals surface area (Å²) < 4.78 is 4.53. The first-order chi connectivity index (χ1) is 15.1. The molecule has 3 nitrogen and oxygen atoms in total. The van der Waals surface area contributed by atoms with Crippen LogP contribution in [-0.4, -0.2) is 16.9 Å². The summed E-state index contributed by atoms with van der Waals surface area (Å²) in [6.45, 7) is 1.73. The molecule has 4 rings (SSSR count). The van der Waals surface area contributed by atoms with Gasteiger partial charge in [-0.05, 0) is 146 Å². The second-order valence-electron chi connectivity index (χ2n) is 8.78. The summed E-state index contributed by atoms with van der Waals surface area (Å²) in [4.78, 5) is 24.9. The number of carboxylic acids is 1. The Hall–Kier alpha value is 0.460. The molecule has 0 aromatic carbocycles. The van der Waals surface area contributed by atoms with Crippen molar-refractivity contribution < 1.29 is 14.7 Å². The molecule has 2 fully saturated rings. The fourth-order valence-electron chi connectivity index (χ4n) is 4.67. The molecule has 0 amide bonds. The summed E-state index contributed by atoms with van der Waals surface area (Å²) in [6.07, 6.45) is 8.24. The van der Waals surface area contributed by atoms with Crippen LogP contribution in [0.1, 0.15) is 55.2 Å². The maximum Gasteiger partial charge on any atom is 0.306 e. The molecular formula is C23H26Br4O3S2. The van der Waals surface area contributed by atoms with Crippen LogP contribution in [0.2, 0.25) is 0 Å². The third-order valence-corrected chi connectivity index (χ3v) is 12.9. The molecule has 1 N–H and O–H groups in total. The molecule has 2 heterocycles. The van der Waals surface area contributed by atoms with Gasteiger partial charge in [0.15, 0.2) is 0 Å². The number of carbonyl (C=O) groups excluding carboxylic acids is 1. The first-order valence-electron chi connectivity index (χ1n) is 10.7. The highest BCUT2D eigenvalue weighted by Crippen LogP contribution is 2.39. The van der Waals surface area contributed by atoms with Crippen LogP contribution in [0.5, 0.6) is 0 Å². The van der Waals surface area contributed by atoms with Crippen molar-refractivity contribution in [1.29, 1.82) is 0 Å². The maximum absolute atomic E-state index is 11.3. The molecule has 2 saturated carbocycles. The average molecular weight is 734 g/mol. The van der Waals surface area contributed by atoms with Gasteiger partial charge >= 0.3 is 5.97 Å². The van der Waals surface area contributed by atoms with Gasteiger partial charge in [-0.15, -0.1) is 22.7 Å². The number of hydrogen-bond donors (Lipinski definition) is 1. The van der Waals surface area contributed by atoms with E-state index in [1.54, 1.807) is 29.6 Å². The van der Waals surface area contributed by atoms with Crippen LogP contribution in [0.25, 0.3) is 0 Å². The quantitative estimate of drug-likeness (QED) is 0.322. The Balaban J connectivity index is 0.000000181. The zero-order chi connectivity index (χ0) is 23.4. The molecule has 2 aromatic rings. The molecule has 9 heteroatoms. The minimum Gasteiger partial charge on any atom is -0.481 e. The van der Waals surface area contributed by atoms with Gasteiger partial charge in [-0.2, -0.15) is 0 Å². The summed E-state index contributed by atoms with van der Waals surface area (Å²) in [5.41, 5.74) is 0. The van der Waals surface area contributed by atoms with E-state index >= 15 is 0 Å². The number of carboxylic acid groups (broad SMARTS) is 1. The number of halogens is 4. The van der Waals surface area contributed by atoms with Crippen molar-refractivity contribution in [2.75, 3.05) is 0 Å². The van der Waals surface area contributed by atoms with Crippen molar-refractivity contribution in [2.45, 2.75) is 58.3 Å². The van der Waals surface area contributed by atoms with Gasteiger partial charge in [0, 0.05) is 24.6 Å².